The van der Waals surface area contributed by atoms with Crippen LogP contribution in [0, 0.1) is 6.92 Å². The van der Waals surface area contributed by atoms with Crippen molar-refractivity contribution in [1.29, 1.82) is 0 Å². The largest absolute Gasteiger partial charge is 0.370 e. The van der Waals surface area contributed by atoms with Crippen LogP contribution in [0.4, 0.5) is 0 Å². The van der Waals surface area contributed by atoms with E-state index in [2.05, 4.69) is 0 Å². The number of ether oxygens (including phenoxy) is 1. The second-order valence-electron chi connectivity index (χ2n) is 7.30. The lowest BCUT2D eigenvalue weighted by Gasteiger charge is -2.44. The number of benzene rings is 2. The summed E-state index contributed by atoms with van der Waals surface area (Å²) in [7, 11) is -3.44. The summed E-state index contributed by atoms with van der Waals surface area (Å²) < 4.78 is 33.7. The Morgan fingerprint density at radius 3 is 2.36 bits per heavy atom. The Balaban J connectivity index is 1.85. The minimum absolute atomic E-state index is 0.0118. The second-order valence-corrected chi connectivity index (χ2v) is 9.19. The Morgan fingerprint density at radius 1 is 1.08 bits per heavy atom. The van der Waals surface area contributed by atoms with Gasteiger partial charge in [-0.3, -0.25) is 0 Å². The predicted molar refractivity (Wildman–Crippen MR) is 99.7 cm³/mol. The van der Waals surface area contributed by atoms with E-state index in [0.717, 1.165) is 11.1 Å². The average Bonchev–Trinajstić information content (AvgIpc) is 2.56. The topological polar surface area (TPSA) is 46.6 Å². The highest BCUT2D eigenvalue weighted by Gasteiger charge is 2.42. The molecule has 5 heteroatoms. The van der Waals surface area contributed by atoms with E-state index < -0.39 is 15.6 Å². The first-order valence-electron chi connectivity index (χ1n) is 8.50. The third kappa shape index (κ3) is 4.11. The standard InChI is InChI=1S/C20H25NO3S/c1-16-9-11-18(12-10-16)19-13-21(20(2,3)15-24-19)25(22,23)14-17-7-5-4-6-8-17/h4-12,19H,13-15H2,1-3H3. The third-order valence-corrected chi connectivity index (χ3v) is 6.63. The molecule has 1 aliphatic heterocycles. The molecule has 0 aromatic heterocycles. The van der Waals surface area contributed by atoms with Gasteiger partial charge in [0.15, 0.2) is 0 Å². The Labute approximate surface area is 150 Å². The second kappa shape index (κ2) is 6.90. The van der Waals surface area contributed by atoms with Crippen LogP contribution in [0.15, 0.2) is 54.6 Å². The highest BCUT2D eigenvalue weighted by atomic mass is 32.2. The number of sulfonamides is 1. The Bertz CT molecular complexity index is 814. The molecule has 1 fully saturated rings. The molecular formula is C20H25NO3S. The lowest BCUT2D eigenvalue weighted by atomic mass is 10.0. The first kappa shape index (κ1) is 18.1. The van der Waals surface area contributed by atoms with Gasteiger partial charge in [0.25, 0.3) is 0 Å². The number of hydrogen-bond acceptors (Lipinski definition) is 3. The van der Waals surface area contributed by atoms with Gasteiger partial charge in [0.1, 0.15) is 0 Å². The quantitative estimate of drug-likeness (QED) is 0.837. The van der Waals surface area contributed by atoms with Crippen molar-refractivity contribution in [2.24, 2.45) is 0 Å². The van der Waals surface area contributed by atoms with Crippen LogP contribution in [0.25, 0.3) is 0 Å². The maximum absolute atomic E-state index is 13.1. The molecule has 3 rings (SSSR count). The number of rotatable bonds is 4. The molecule has 1 unspecified atom stereocenters. The molecule has 1 saturated heterocycles. The van der Waals surface area contributed by atoms with Gasteiger partial charge in [-0.25, -0.2) is 8.42 Å². The summed E-state index contributed by atoms with van der Waals surface area (Å²) in [5.74, 6) is 0.0118. The number of nitrogens with zero attached hydrogens (tertiary/aromatic N) is 1. The molecule has 1 aliphatic rings. The molecule has 1 heterocycles. The van der Waals surface area contributed by atoms with Crippen molar-refractivity contribution < 1.29 is 13.2 Å². The Kier molecular flexibility index (Phi) is 5.00. The lowest BCUT2D eigenvalue weighted by molar-refractivity contribution is -0.0655. The molecule has 1 atom stereocenters. The van der Waals surface area contributed by atoms with E-state index >= 15 is 0 Å². The summed E-state index contributed by atoms with van der Waals surface area (Å²) >= 11 is 0. The molecule has 0 aliphatic carbocycles. The number of aryl methyl sites for hydroxylation is 1. The summed E-state index contributed by atoms with van der Waals surface area (Å²) in [5.41, 5.74) is 2.43. The van der Waals surface area contributed by atoms with Gasteiger partial charge in [-0.2, -0.15) is 4.31 Å². The van der Waals surface area contributed by atoms with Crippen LogP contribution in [0.3, 0.4) is 0 Å². The first-order chi connectivity index (χ1) is 11.8. The van der Waals surface area contributed by atoms with E-state index in [-0.39, 0.29) is 11.9 Å². The van der Waals surface area contributed by atoms with E-state index in [1.165, 1.54) is 5.56 Å². The van der Waals surface area contributed by atoms with Crippen LogP contribution in [0.1, 0.15) is 36.6 Å². The van der Waals surface area contributed by atoms with Crippen molar-refractivity contribution in [3.8, 4) is 0 Å². The normalized spacial score (nSPS) is 21.2. The highest BCUT2D eigenvalue weighted by molar-refractivity contribution is 7.88. The highest BCUT2D eigenvalue weighted by Crippen LogP contribution is 2.33. The molecule has 0 amide bonds. The van der Waals surface area contributed by atoms with Gasteiger partial charge in [-0.05, 0) is 31.9 Å². The number of hydrogen-bond donors (Lipinski definition) is 0. The van der Waals surface area contributed by atoms with E-state index in [1.54, 1.807) is 4.31 Å². The van der Waals surface area contributed by atoms with Crippen molar-refractivity contribution in [3.05, 3.63) is 71.3 Å². The van der Waals surface area contributed by atoms with Gasteiger partial charge in [-0.15, -0.1) is 0 Å². The zero-order valence-electron chi connectivity index (χ0n) is 15.0. The molecule has 0 saturated carbocycles. The minimum Gasteiger partial charge on any atom is -0.370 e. The summed E-state index contributed by atoms with van der Waals surface area (Å²) in [5, 5.41) is 0. The zero-order chi connectivity index (χ0) is 18.1. The van der Waals surface area contributed by atoms with Gasteiger partial charge in [0, 0.05) is 6.54 Å². The summed E-state index contributed by atoms with van der Waals surface area (Å²) in [6.45, 7) is 6.58. The molecule has 134 valence electrons. The van der Waals surface area contributed by atoms with Crippen LogP contribution < -0.4 is 0 Å². The summed E-state index contributed by atoms with van der Waals surface area (Å²) in [6.07, 6.45) is -0.237. The maximum Gasteiger partial charge on any atom is 0.218 e. The SMILES string of the molecule is Cc1ccc(C2CN(S(=O)(=O)Cc3ccccc3)C(C)(C)CO2)cc1. The minimum atomic E-state index is -3.44. The van der Waals surface area contributed by atoms with E-state index in [0.29, 0.717) is 13.2 Å². The Hall–Kier alpha value is -1.69. The van der Waals surface area contributed by atoms with E-state index in [9.17, 15) is 8.42 Å². The van der Waals surface area contributed by atoms with Crippen LogP contribution in [0.5, 0.6) is 0 Å². The molecule has 0 radical (unpaired) electrons. The van der Waals surface area contributed by atoms with Crippen molar-refractivity contribution in [2.45, 2.75) is 38.2 Å². The van der Waals surface area contributed by atoms with E-state index in [1.807, 2.05) is 75.4 Å². The monoisotopic (exact) mass is 359 g/mol. The smallest absolute Gasteiger partial charge is 0.218 e. The molecule has 2 aromatic carbocycles. The molecule has 2 aromatic rings. The zero-order valence-corrected chi connectivity index (χ0v) is 15.8. The fourth-order valence-corrected chi connectivity index (χ4v) is 5.10. The lowest BCUT2D eigenvalue weighted by Crippen LogP contribution is -2.56. The maximum atomic E-state index is 13.1. The summed E-state index contributed by atoms with van der Waals surface area (Å²) in [4.78, 5) is 0. The molecule has 0 bridgehead atoms. The van der Waals surface area contributed by atoms with Gasteiger partial charge in [0.05, 0.1) is 24.0 Å². The van der Waals surface area contributed by atoms with Gasteiger partial charge >= 0.3 is 0 Å². The van der Waals surface area contributed by atoms with Crippen LogP contribution in [-0.2, 0) is 20.5 Å². The van der Waals surface area contributed by atoms with E-state index in [4.69, 9.17) is 4.74 Å². The average molecular weight is 359 g/mol. The fourth-order valence-electron chi connectivity index (χ4n) is 3.16. The van der Waals surface area contributed by atoms with Gasteiger partial charge < -0.3 is 4.74 Å². The van der Waals surface area contributed by atoms with Crippen LogP contribution in [-0.4, -0.2) is 31.4 Å². The number of morpholine rings is 1. The molecule has 25 heavy (non-hydrogen) atoms. The Morgan fingerprint density at radius 2 is 1.72 bits per heavy atom. The third-order valence-electron chi connectivity index (χ3n) is 4.62. The van der Waals surface area contributed by atoms with Crippen molar-refractivity contribution >= 4 is 10.0 Å². The van der Waals surface area contributed by atoms with Crippen molar-refractivity contribution in [1.82, 2.24) is 4.31 Å². The van der Waals surface area contributed by atoms with Crippen molar-refractivity contribution in [3.63, 3.8) is 0 Å². The van der Waals surface area contributed by atoms with Crippen LogP contribution in [0.2, 0.25) is 0 Å². The van der Waals surface area contributed by atoms with Crippen molar-refractivity contribution in [2.75, 3.05) is 13.2 Å². The summed E-state index contributed by atoms with van der Waals surface area (Å²) in [6, 6.07) is 17.4. The van der Waals surface area contributed by atoms with Crippen LogP contribution >= 0.6 is 0 Å². The predicted octanol–water partition coefficient (Wildman–Crippen LogP) is 3.68. The van der Waals surface area contributed by atoms with Gasteiger partial charge in [-0.1, -0.05) is 60.2 Å². The molecule has 0 spiro atoms. The molecular weight excluding hydrogens is 334 g/mol. The van der Waals surface area contributed by atoms with Gasteiger partial charge in [0.2, 0.25) is 10.0 Å². The first-order valence-corrected chi connectivity index (χ1v) is 10.1. The molecule has 4 nitrogen and oxygen atoms in total. The fraction of sp³-hybridized carbons (Fsp3) is 0.400. The molecule has 0 N–H and O–H groups in total.